The second-order valence-corrected chi connectivity index (χ2v) is 4.95. The summed E-state index contributed by atoms with van der Waals surface area (Å²) >= 11 is 3.56. The molecule has 0 saturated carbocycles. The highest BCUT2D eigenvalue weighted by Crippen LogP contribution is 2.33. The number of rotatable bonds is 2. The van der Waals surface area contributed by atoms with Crippen molar-refractivity contribution in [3.63, 3.8) is 0 Å². The van der Waals surface area contributed by atoms with E-state index >= 15 is 0 Å². The lowest BCUT2D eigenvalue weighted by molar-refractivity contribution is -0.940. The zero-order chi connectivity index (χ0) is 7.73. The molecule has 72 valence electrons. The van der Waals surface area contributed by atoms with Gasteiger partial charge in [0.05, 0.1) is 31.5 Å². The zero-order valence-corrected chi connectivity index (χ0v) is 10.6. The minimum Gasteiger partial charge on any atom is -1.00 e. The van der Waals surface area contributed by atoms with E-state index in [2.05, 4.69) is 15.9 Å². The minimum atomic E-state index is 0. The van der Waals surface area contributed by atoms with E-state index in [1.807, 2.05) is 0 Å². The number of hydrogen-bond donors (Lipinski definition) is 0. The molecule has 2 bridgehead atoms. The van der Waals surface area contributed by atoms with Gasteiger partial charge in [0.1, 0.15) is 0 Å². The summed E-state index contributed by atoms with van der Waals surface area (Å²) in [6.07, 6.45) is 4.52. The number of nitrogens with zero attached hydrogens (tertiary/aromatic N) is 1. The van der Waals surface area contributed by atoms with Gasteiger partial charge >= 0.3 is 0 Å². The van der Waals surface area contributed by atoms with Gasteiger partial charge in [0.25, 0.3) is 0 Å². The van der Waals surface area contributed by atoms with Crippen molar-refractivity contribution in [2.24, 2.45) is 5.92 Å². The van der Waals surface area contributed by atoms with Crippen molar-refractivity contribution in [1.82, 2.24) is 0 Å². The van der Waals surface area contributed by atoms with Gasteiger partial charge in [-0.25, -0.2) is 0 Å². The second kappa shape index (κ2) is 4.43. The molecule has 1 nitrogen and oxygen atoms in total. The molecule has 0 radical (unpaired) electrons. The Morgan fingerprint density at radius 3 is 2.00 bits per heavy atom. The molecule has 3 fully saturated rings. The van der Waals surface area contributed by atoms with Crippen LogP contribution in [0, 0.1) is 5.92 Å². The van der Waals surface area contributed by atoms with Crippen LogP contribution in [0.25, 0.3) is 0 Å². The zero-order valence-electron chi connectivity index (χ0n) is 7.44. The number of fused-ring (bicyclic) bond motifs is 3. The highest BCUT2D eigenvalue weighted by molar-refractivity contribution is 9.09. The SMILES string of the molecule is BrCC[N+]12CCC(CC1)CC2.[Br-]. The van der Waals surface area contributed by atoms with Gasteiger partial charge in [-0.3, -0.25) is 0 Å². The van der Waals surface area contributed by atoms with Crippen molar-refractivity contribution in [2.75, 3.05) is 31.5 Å². The van der Waals surface area contributed by atoms with E-state index in [1.165, 1.54) is 55.3 Å². The smallest absolute Gasteiger partial charge is 0.0885 e. The lowest BCUT2D eigenvalue weighted by atomic mass is 9.86. The van der Waals surface area contributed by atoms with Gasteiger partial charge in [-0.2, -0.15) is 0 Å². The summed E-state index contributed by atoms with van der Waals surface area (Å²) in [7, 11) is 0. The molecule has 0 aliphatic carbocycles. The quantitative estimate of drug-likeness (QED) is 0.454. The third-order valence-corrected chi connectivity index (χ3v) is 3.95. The molecule has 3 aliphatic heterocycles. The van der Waals surface area contributed by atoms with Crippen LogP contribution in [0.3, 0.4) is 0 Å². The van der Waals surface area contributed by atoms with Gasteiger partial charge in [0, 0.05) is 0 Å². The summed E-state index contributed by atoms with van der Waals surface area (Å²) in [5, 5.41) is 1.19. The van der Waals surface area contributed by atoms with Crippen LogP contribution in [0.1, 0.15) is 19.3 Å². The van der Waals surface area contributed by atoms with Crippen LogP contribution in [0.5, 0.6) is 0 Å². The van der Waals surface area contributed by atoms with Crippen molar-refractivity contribution in [3.05, 3.63) is 0 Å². The summed E-state index contributed by atoms with van der Waals surface area (Å²) < 4.78 is 1.43. The average molecular weight is 299 g/mol. The lowest BCUT2D eigenvalue weighted by Crippen LogP contribution is -3.00. The number of piperidine rings is 3. The Morgan fingerprint density at radius 1 is 1.08 bits per heavy atom. The Labute approximate surface area is 94.0 Å². The molecule has 12 heavy (non-hydrogen) atoms. The van der Waals surface area contributed by atoms with E-state index in [4.69, 9.17) is 0 Å². The molecule has 0 aromatic heterocycles. The topological polar surface area (TPSA) is 0 Å². The van der Waals surface area contributed by atoms with Gasteiger partial charge in [0.15, 0.2) is 0 Å². The molecule has 0 aromatic rings. The molecule has 0 N–H and O–H groups in total. The standard InChI is InChI=1S/C9H17BrN.BrH/c10-4-8-11-5-1-9(2-6-11)3-7-11;/h9H,1-8H2;1H/q+1;/p-1. The van der Waals surface area contributed by atoms with E-state index in [9.17, 15) is 0 Å². The van der Waals surface area contributed by atoms with Crippen LogP contribution in [-0.2, 0) is 0 Å². The first-order chi connectivity index (χ1) is 5.35. The fraction of sp³-hybridized carbons (Fsp3) is 1.00. The van der Waals surface area contributed by atoms with Gasteiger partial charge in [-0.05, 0) is 25.2 Å². The highest BCUT2D eigenvalue weighted by atomic mass is 79.9. The van der Waals surface area contributed by atoms with Crippen molar-refractivity contribution < 1.29 is 21.5 Å². The second-order valence-electron chi connectivity index (χ2n) is 4.16. The van der Waals surface area contributed by atoms with Gasteiger partial charge in [-0.1, -0.05) is 15.9 Å². The van der Waals surface area contributed by atoms with E-state index in [0.29, 0.717) is 0 Å². The number of hydrogen-bond acceptors (Lipinski definition) is 0. The molecular weight excluding hydrogens is 282 g/mol. The lowest BCUT2D eigenvalue weighted by Gasteiger charge is -2.49. The summed E-state index contributed by atoms with van der Waals surface area (Å²) in [6.45, 7) is 5.77. The third kappa shape index (κ3) is 2.05. The maximum Gasteiger partial charge on any atom is 0.0885 e. The molecule has 3 rings (SSSR count). The molecular formula is C9H17Br2N. The van der Waals surface area contributed by atoms with E-state index < -0.39 is 0 Å². The molecule has 3 saturated heterocycles. The molecule has 3 heterocycles. The van der Waals surface area contributed by atoms with Crippen LogP contribution >= 0.6 is 15.9 Å². The largest absolute Gasteiger partial charge is 1.00 e. The Kier molecular flexibility index (Phi) is 4.06. The van der Waals surface area contributed by atoms with Crippen LogP contribution in [-0.4, -0.2) is 36.0 Å². The summed E-state index contributed by atoms with van der Waals surface area (Å²) in [5.74, 6) is 1.10. The first-order valence-electron chi connectivity index (χ1n) is 4.76. The van der Waals surface area contributed by atoms with Crippen molar-refractivity contribution in [1.29, 1.82) is 0 Å². The molecule has 0 unspecified atom stereocenters. The van der Waals surface area contributed by atoms with Crippen LogP contribution in [0.4, 0.5) is 0 Å². The molecule has 3 aliphatic rings. The summed E-state index contributed by atoms with van der Waals surface area (Å²) in [5.41, 5.74) is 0. The first kappa shape index (κ1) is 11.0. The van der Waals surface area contributed by atoms with E-state index in [0.717, 1.165) is 5.92 Å². The number of quaternary nitrogens is 1. The highest BCUT2D eigenvalue weighted by Gasteiger charge is 2.38. The molecule has 0 aromatic carbocycles. The number of alkyl halides is 1. The molecule has 0 amide bonds. The van der Waals surface area contributed by atoms with Crippen LogP contribution in [0.2, 0.25) is 0 Å². The summed E-state index contributed by atoms with van der Waals surface area (Å²) in [6, 6.07) is 0. The maximum atomic E-state index is 3.56. The minimum absolute atomic E-state index is 0. The van der Waals surface area contributed by atoms with Gasteiger partial charge in [-0.15, -0.1) is 0 Å². The van der Waals surface area contributed by atoms with Crippen LogP contribution in [0.15, 0.2) is 0 Å². The molecule has 0 spiro atoms. The maximum absolute atomic E-state index is 3.56. The van der Waals surface area contributed by atoms with E-state index in [1.54, 1.807) is 0 Å². The summed E-state index contributed by atoms with van der Waals surface area (Å²) in [4.78, 5) is 0. The Balaban J connectivity index is 0.000000720. The predicted octanol–water partition coefficient (Wildman–Crippen LogP) is -0.984. The fourth-order valence-electron chi connectivity index (χ4n) is 2.65. The first-order valence-corrected chi connectivity index (χ1v) is 5.88. The van der Waals surface area contributed by atoms with Gasteiger partial charge in [0.2, 0.25) is 0 Å². The number of halogens is 2. The average Bonchev–Trinajstić information content (AvgIpc) is 2.07. The van der Waals surface area contributed by atoms with Crippen molar-refractivity contribution in [2.45, 2.75) is 19.3 Å². The normalized spacial score (nSPS) is 39.2. The van der Waals surface area contributed by atoms with E-state index in [-0.39, 0.29) is 17.0 Å². The monoisotopic (exact) mass is 297 g/mol. The molecule has 3 heteroatoms. The third-order valence-electron chi connectivity index (χ3n) is 3.59. The Hall–Kier alpha value is 0.920. The van der Waals surface area contributed by atoms with Crippen molar-refractivity contribution >= 4 is 15.9 Å². The predicted molar refractivity (Wildman–Crippen MR) is 50.9 cm³/mol. The molecule has 0 atom stereocenters. The van der Waals surface area contributed by atoms with Crippen molar-refractivity contribution in [3.8, 4) is 0 Å². The van der Waals surface area contributed by atoms with Crippen LogP contribution < -0.4 is 17.0 Å². The Morgan fingerprint density at radius 2 is 1.58 bits per heavy atom. The fourth-order valence-corrected chi connectivity index (χ4v) is 3.40. The van der Waals surface area contributed by atoms with Gasteiger partial charge < -0.3 is 21.5 Å². The Bertz CT molecular complexity index is 122.